The van der Waals surface area contributed by atoms with Crippen LogP contribution in [-0.2, 0) is 60.1 Å². The molecule has 2 fully saturated rings. The molecule has 2 aromatic heterocycles. The second kappa shape index (κ2) is 30.2. The standard InChI is InChI=1S/C28H31F2N5O4S.C19H20F3N3O3S.C12H16FNO/c1-19(2)21-5-3-20(4-6-21)17-32-27(36)25-18-34(28(37)33-23-11-13-31-14-12-23)15-16-35(25)40(38,39)24-9-7-22(8-10-24)26(29)30;1-14-13-24(18(26)12-15-6-8-23-9-7-15)10-11-25(14)29(27,28)17-4-2-16(3-5-17)19(20,21)22;1-10(6-7-13)12-4-2-11(3-5-12)8-14-9-15/h3-14,19,25-26H,15-18H2,1-2H3,(H,32,36)(H,31,33,37);2-9,14H,10-13H2,1H3;2-5,9-10H,6-8H2,1H3,(H,14,15)/t25-;;/m1../s1. The zero-order valence-corrected chi connectivity index (χ0v) is 48.3. The first-order chi connectivity index (χ1) is 39.9. The molecule has 4 heterocycles. The van der Waals surface area contributed by atoms with Gasteiger partial charge >= 0.3 is 12.2 Å². The highest BCUT2D eigenvalue weighted by atomic mass is 32.2. The van der Waals surface area contributed by atoms with Gasteiger partial charge in [0, 0.05) is 94.4 Å². The fraction of sp³-hybridized carbons (Fsp3) is 0.356. The number of hydrogen-bond acceptors (Lipinski definition) is 10. The van der Waals surface area contributed by atoms with Crippen LogP contribution in [-0.4, -0.2) is 127 Å². The van der Waals surface area contributed by atoms with Gasteiger partial charge in [-0.15, -0.1) is 0 Å². The maximum absolute atomic E-state index is 13.6. The van der Waals surface area contributed by atoms with Crippen LogP contribution in [0.15, 0.2) is 156 Å². The van der Waals surface area contributed by atoms with E-state index in [2.05, 4.69) is 39.8 Å². The Labute approximate surface area is 485 Å². The van der Waals surface area contributed by atoms with E-state index >= 15 is 0 Å². The van der Waals surface area contributed by atoms with E-state index < -0.39 is 62.2 Å². The normalized spacial score (nSPS) is 16.3. The quantitative estimate of drug-likeness (QED) is 0.0548. The predicted molar refractivity (Wildman–Crippen MR) is 304 cm³/mol. The number of nitrogens with one attached hydrogen (secondary N) is 3. The summed E-state index contributed by atoms with van der Waals surface area (Å²) in [5.74, 6) is -0.0940. The molecule has 3 atom stereocenters. The van der Waals surface area contributed by atoms with Crippen molar-refractivity contribution in [2.45, 2.75) is 99.9 Å². The van der Waals surface area contributed by atoms with Gasteiger partial charge in [0.2, 0.25) is 38.3 Å². The Bertz CT molecular complexity index is 3320. The molecule has 17 nitrogen and oxygen atoms in total. The second-order valence-electron chi connectivity index (χ2n) is 20.2. The third-order valence-corrected chi connectivity index (χ3v) is 17.9. The minimum absolute atomic E-state index is 0.0196. The van der Waals surface area contributed by atoms with Crippen LogP contribution in [0, 0.1) is 0 Å². The minimum atomic E-state index is -4.53. The summed E-state index contributed by atoms with van der Waals surface area (Å²) in [6.07, 6.45) is 0.391. The van der Waals surface area contributed by atoms with Gasteiger partial charge in [-0.1, -0.05) is 81.4 Å². The molecule has 2 unspecified atom stereocenters. The molecule has 2 saturated heterocycles. The Hall–Kier alpha value is -7.74. The second-order valence-corrected chi connectivity index (χ2v) is 24.0. The Balaban J connectivity index is 0.000000224. The number of benzene rings is 4. The molecule has 450 valence electrons. The Morgan fingerprint density at radius 1 is 0.643 bits per heavy atom. The molecule has 2 aliphatic rings. The van der Waals surface area contributed by atoms with Gasteiger partial charge < -0.3 is 25.8 Å². The zero-order valence-electron chi connectivity index (χ0n) is 46.6. The lowest BCUT2D eigenvalue weighted by Crippen LogP contribution is -2.61. The molecule has 0 aliphatic carbocycles. The van der Waals surface area contributed by atoms with Crippen LogP contribution in [0.4, 0.5) is 36.8 Å². The van der Waals surface area contributed by atoms with Crippen molar-refractivity contribution in [3.63, 3.8) is 0 Å². The SMILES string of the molecule is CC(C)c1ccc(CNC(=O)[C@H]2CN(C(=O)Nc3ccncc3)CCN2S(=O)(=O)c2ccc(C(F)F)cc2)cc1.CC(CCF)c1ccc(CNC=O)cc1.CC1CN(C(=O)Cc2ccncc2)CCN1S(=O)(=O)c1ccc(C(F)(F)F)cc1. The molecule has 2 aliphatic heterocycles. The fourth-order valence-electron chi connectivity index (χ4n) is 9.05. The van der Waals surface area contributed by atoms with E-state index in [0.29, 0.717) is 31.0 Å². The molecule has 0 radical (unpaired) electrons. The molecule has 5 amide bonds. The van der Waals surface area contributed by atoms with Gasteiger partial charge in [0.05, 0.1) is 28.4 Å². The smallest absolute Gasteiger partial charge is 0.355 e. The van der Waals surface area contributed by atoms with E-state index in [1.165, 1.54) is 21.6 Å². The summed E-state index contributed by atoms with van der Waals surface area (Å²) in [5, 5.41) is 8.11. The number of carbonyl (C=O) groups is 4. The number of alkyl halides is 6. The van der Waals surface area contributed by atoms with E-state index in [-0.39, 0.29) is 86.1 Å². The van der Waals surface area contributed by atoms with Gasteiger partial charge in [0.15, 0.2) is 0 Å². The highest BCUT2D eigenvalue weighted by molar-refractivity contribution is 7.89. The predicted octanol–water partition coefficient (Wildman–Crippen LogP) is 9.33. The number of amides is 5. The molecule has 0 bridgehead atoms. The van der Waals surface area contributed by atoms with Crippen molar-refractivity contribution in [3.8, 4) is 0 Å². The van der Waals surface area contributed by atoms with Crippen molar-refractivity contribution < 1.29 is 62.4 Å². The van der Waals surface area contributed by atoms with Crippen LogP contribution in [0.3, 0.4) is 0 Å². The van der Waals surface area contributed by atoms with Crippen molar-refractivity contribution in [1.82, 2.24) is 39.0 Å². The number of aromatic nitrogens is 2. The van der Waals surface area contributed by atoms with Gasteiger partial charge in [-0.3, -0.25) is 28.7 Å². The number of pyridine rings is 2. The number of carbonyl (C=O) groups excluding carboxylic acids is 4. The average molecular weight is 1210 g/mol. The molecule has 8 rings (SSSR count). The van der Waals surface area contributed by atoms with Crippen LogP contribution in [0.1, 0.15) is 91.3 Å². The zero-order chi connectivity index (χ0) is 61.2. The van der Waals surface area contributed by atoms with Gasteiger partial charge in [-0.05, 0) is 114 Å². The van der Waals surface area contributed by atoms with Gasteiger partial charge in [-0.2, -0.15) is 21.8 Å². The van der Waals surface area contributed by atoms with Crippen LogP contribution >= 0.6 is 0 Å². The lowest BCUT2D eigenvalue weighted by molar-refractivity contribution is -0.137. The molecule has 84 heavy (non-hydrogen) atoms. The number of urea groups is 1. The van der Waals surface area contributed by atoms with Crippen molar-refractivity contribution >= 4 is 50.0 Å². The molecular formula is C59H67F6N9O8S2. The first-order valence-electron chi connectivity index (χ1n) is 26.8. The first-order valence-corrected chi connectivity index (χ1v) is 29.7. The summed E-state index contributed by atoms with van der Waals surface area (Å²) in [5.41, 5.74) is 4.27. The number of anilines is 1. The van der Waals surface area contributed by atoms with Crippen molar-refractivity contribution in [1.29, 1.82) is 0 Å². The Morgan fingerprint density at radius 3 is 1.69 bits per heavy atom. The number of sulfonamides is 2. The summed E-state index contributed by atoms with van der Waals surface area (Å²) in [4.78, 5) is 59.3. The maximum Gasteiger partial charge on any atom is 0.416 e. The summed E-state index contributed by atoms with van der Waals surface area (Å²) in [6, 6.07) is 27.8. The number of piperazine rings is 2. The Morgan fingerprint density at radius 2 is 1.15 bits per heavy atom. The fourth-order valence-corrected chi connectivity index (χ4v) is 12.2. The largest absolute Gasteiger partial charge is 0.416 e. The number of hydrogen-bond donors (Lipinski definition) is 3. The maximum atomic E-state index is 13.6. The molecule has 4 aromatic carbocycles. The van der Waals surface area contributed by atoms with Gasteiger partial charge in [-0.25, -0.2) is 30.4 Å². The molecular weight excluding hydrogens is 1140 g/mol. The summed E-state index contributed by atoms with van der Waals surface area (Å²) in [7, 11) is -8.21. The van der Waals surface area contributed by atoms with Crippen molar-refractivity contribution in [2.75, 3.05) is 51.3 Å². The monoisotopic (exact) mass is 1210 g/mol. The van der Waals surface area contributed by atoms with E-state index in [1.807, 2.05) is 55.5 Å². The third-order valence-electron chi connectivity index (χ3n) is 14.0. The topological polar surface area (TPSA) is 211 Å². The van der Waals surface area contributed by atoms with Crippen LogP contribution in [0.5, 0.6) is 0 Å². The lowest BCUT2D eigenvalue weighted by atomic mass is 9.97. The summed E-state index contributed by atoms with van der Waals surface area (Å²) >= 11 is 0. The molecule has 0 saturated carbocycles. The highest BCUT2D eigenvalue weighted by Gasteiger charge is 2.42. The van der Waals surface area contributed by atoms with Crippen molar-refractivity contribution in [2.24, 2.45) is 0 Å². The number of nitrogens with zero attached hydrogens (tertiary/aromatic N) is 6. The van der Waals surface area contributed by atoms with Gasteiger partial charge in [0.1, 0.15) is 6.04 Å². The Kier molecular flexibility index (Phi) is 23.5. The van der Waals surface area contributed by atoms with E-state index in [0.717, 1.165) is 80.7 Å². The molecule has 6 aromatic rings. The highest BCUT2D eigenvalue weighted by Crippen LogP contribution is 2.32. The van der Waals surface area contributed by atoms with E-state index in [9.17, 15) is 62.4 Å². The third kappa shape index (κ3) is 18.1. The van der Waals surface area contributed by atoms with Crippen LogP contribution in [0.25, 0.3) is 0 Å². The average Bonchev–Trinajstić information content (AvgIpc) is 1.93. The van der Waals surface area contributed by atoms with Gasteiger partial charge in [0.25, 0.3) is 6.43 Å². The summed E-state index contributed by atoms with van der Waals surface area (Å²) < 4.78 is 131. The van der Waals surface area contributed by atoms with Crippen molar-refractivity contribution in [3.05, 3.63) is 185 Å². The van der Waals surface area contributed by atoms with E-state index in [1.54, 1.807) is 48.5 Å². The number of rotatable bonds is 18. The van der Waals surface area contributed by atoms with E-state index in [4.69, 9.17) is 0 Å². The summed E-state index contributed by atoms with van der Waals surface area (Å²) in [6.45, 7) is 8.42. The first kappa shape index (κ1) is 65.4. The minimum Gasteiger partial charge on any atom is -0.355 e. The lowest BCUT2D eigenvalue weighted by Gasteiger charge is -2.39. The molecule has 0 spiro atoms. The van der Waals surface area contributed by atoms with Crippen LogP contribution < -0.4 is 16.0 Å². The molecule has 3 N–H and O–H groups in total. The molecule has 25 heteroatoms. The number of halogens is 6. The van der Waals surface area contributed by atoms with Crippen LogP contribution in [0.2, 0.25) is 0 Å².